The maximum Gasteiger partial charge on any atom is 0.131 e. The van der Waals surface area contributed by atoms with Crippen LogP contribution in [-0.2, 0) is 6.54 Å². The molecule has 0 unspecified atom stereocenters. The molecule has 2 aromatic heterocycles. The highest BCUT2D eigenvalue weighted by Gasteiger charge is 2.04. The summed E-state index contributed by atoms with van der Waals surface area (Å²) >= 11 is 5.97. The van der Waals surface area contributed by atoms with Crippen LogP contribution in [0.15, 0.2) is 48.9 Å². The van der Waals surface area contributed by atoms with Crippen molar-refractivity contribution < 1.29 is 0 Å². The molecule has 0 N–H and O–H groups in total. The number of hydrogen-bond acceptors (Lipinski definition) is 3. The van der Waals surface area contributed by atoms with E-state index in [1.54, 1.807) is 24.5 Å². The number of aromatic nitrogens is 3. The van der Waals surface area contributed by atoms with E-state index in [0.29, 0.717) is 22.8 Å². The summed E-state index contributed by atoms with van der Waals surface area (Å²) in [6.07, 6.45) is 5.29. The number of aryl methyl sites for hydroxylation is 1. The number of rotatable bonds is 2. The van der Waals surface area contributed by atoms with Gasteiger partial charge in [0.2, 0.25) is 0 Å². The van der Waals surface area contributed by atoms with E-state index in [-0.39, 0.29) is 0 Å². The van der Waals surface area contributed by atoms with Crippen LogP contribution < -0.4 is 0 Å². The van der Waals surface area contributed by atoms with Crippen molar-refractivity contribution in [2.45, 2.75) is 13.5 Å². The van der Waals surface area contributed by atoms with Crippen LogP contribution in [0.3, 0.4) is 0 Å². The van der Waals surface area contributed by atoms with Gasteiger partial charge in [0.25, 0.3) is 0 Å². The highest BCUT2D eigenvalue weighted by Crippen LogP contribution is 2.12. The van der Waals surface area contributed by atoms with Crippen molar-refractivity contribution >= 4 is 11.6 Å². The molecule has 0 saturated carbocycles. The second kappa shape index (κ2) is 7.00. The first-order valence-corrected chi connectivity index (χ1v) is 7.67. The molecule has 0 atom stereocenters. The fraction of sp³-hybridized carbons (Fsp3) is 0.105. The minimum absolute atomic E-state index is 0.594. The predicted molar refractivity (Wildman–Crippen MR) is 92.5 cm³/mol. The Morgan fingerprint density at radius 2 is 2.00 bits per heavy atom. The summed E-state index contributed by atoms with van der Waals surface area (Å²) in [5.74, 6) is 6.94. The third kappa shape index (κ3) is 3.81. The molecule has 0 saturated heterocycles. The molecule has 0 fully saturated rings. The van der Waals surface area contributed by atoms with Crippen molar-refractivity contribution in [2.24, 2.45) is 0 Å². The van der Waals surface area contributed by atoms with Crippen LogP contribution in [0.25, 0.3) is 0 Å². The van der Waals surface area contributed by atoms with Gasteiger partial charge in [-0.25, -0.2) is 4.98 Å². The zero-order valence-corrected chi connectivity index (χ0v) is 13.7. The Labute approximate surface area is 145 Å². The molecular formula is C19H13ClN4. The van der Waals surface area contributed by atoms with Crippen molar-refractivity contribution in [3.63, 3.8) is 0 Å². The normalized spacial score (nSPS) is 9.88. The zero-order chi connectivity index (χ0) is 16.9. The van der Waals surface area contributed by atoms with Gasteiger partial charge in [-0.1, -0.05) is 23.6 Å². The van der Waals surface area contributed by atoms with Crippen molar-refractivity contribution in [3.8, 4) is 17.9 Å². The standard InChI is InChI=1S/C19H13ClN4/c1-14-23-19(6-5-15-3-2-4-16(7-15)9-21)13-24(14)12-17-8-18(20)11-22-10-17/h2-4,7-8,10-11,13H,12H2,1H3. The predicted octanol–water partition coefficient (Wildman–Crippen LogP) is 3.56. The molecule has 3 aromatic rings. The van der Waals surface area contributed by atoms with E-state index in [2.05, 4.69) is 27.9 Å². The molecule has 0 spiro atoms. The first kappa shape index (κ1) is 15.8. The first-order valence-electron chi connectivity index (χ1n) is 7.29. The van der Waals surface area contributed by atoms with Crippen molar-refractivity contribution in [1.29, 1.82) is 5.26 Å². The number of pyridine rings is 1. The SMILES string of the molecule is Cc1nc(C#Cc2cccc(C#N)c2)cn1Cc1cncc(Cl)c1. The Morgan fingerprint density at radius 1 is 1.17 bits per heavy atom. The van der Waals surface area contributed by atoms with Crippen LogP contribution in [0.1, 0.15) is 28.2 Å². The van der Waals surface area contributed by atoms with Gasteiger partial charge in [0.15, 0.2) is 0 Å². The van der Waals surface area contributed by atoms with Gasteiger partial charge in [0.1, 0.15) is 11.5 Å². The molecule has 116 valence electrons. The number of nitriles is 1. The zero-order valence-electron chi connectivity index (χ0n) is 13.0. The maximum atomic E-state index is 8.92. The second-order valence-electron chi connectivity index (χ2n) is 5.26. The fourth-order valence-electron chi connectivity index (χ4n) is 2.27. The monoisotopic (exact) mass is 332 g/mol. The van der Waals surface area contributed by atoms with Crippen molar-refractivity contribution in [1.82, 2.24) is 14.5 Å². The number of imidazole rings is 1. The molecule has 0 aliphatic rings. The summed E-state index contributed by atoms with van der Waals surface area (Å²) in [6, 6.07) is 11.2. The van der Waals surface area contributed by atoms with Gasteiger partial charge in [-0.15, -0.1) is 0 Å². The third-order valence-corrected chi connectivity index (χ3v) is 3.62. The molecule has 24 heavy (non-hydrogen) atoms. The van der Waals surface area contributed by atoms with Gasteiger partial charge in [-0.2, -0.15) is 5.26 Å². The topological polar surface area (TPSA) is 54.5 Å². The Morgan fingerprint density at radius 3 is 2.79 bits per heavy atom. The average Bonchev–Trinajstić information content (AvgIpc) is 2.93. The summed E-state index contributed by atoms with van der Waals surface area (Å²) < 4.78 is 2.00. The van der Waals surface area contributed by atoms with E-state index in [1.807, 2.05) is 35.9 Å². The number of hydrogen-bond donors (Lipinski definition) is 0. The van der Waals surface area contributed by atoms with Crippen LogP contribution in [0, 0.1) is 30.1 Å². The van der Waals surface area contributed by atoms with Gasteiger partial charge in [0.05, 0.1) is 23.2 Å². The van der Waals surface area contributed by atoms with Crippen LogP contribution in [0.2, 0.25) is 5.02 Å². The van der Waals surface area contributed by atoms with E-state index in [1.165, 1.54) is 0 Å². The number of nitrogens with zero attached hydrogens (tertiary/aromatic N) is 4. The lowest BCUT2D eigenvalue weighted by Crippen LogP contribution is -2.00. The van der Waals surface area contributed by atoms with Crippen LogP contribution >= 0.6 is 11.6 Å². The summed E-state index contributed by atoms with van der Waals surface area (Å²) in [7, 11) is 0. The van der Waals surface area contributed by atoms with Gasteiger partial charge < -0.3 is 4.57 Å². The highest BCUT2D eigenvalue weighted by molar-refractivity contribution is 6.30. The van der Waals surface area contributed by atoms with Crippen LogP contribution in [0.5, 0.6) is 0 Å². The number of halogens is 1. The Hall–Kier alpha value is -3.08. The molecule has 2 heterocycles. The largest absolute Gasteiger partial charge is 0.329 e. The summed E-state index contributed by atoms with van der Waals surface area (Å²) in [4.78, 5) is 8.55. The molecule has 1 aromatic carbocycles. The molecule has 0 aliphatic heterocycles. The van der Waals surface area contributed by atoms with Gasteiger partial charge in [-0.3, -0.25) is 4.98 Å². The summed E-state index contributed by atoms with van der Waals surface area (Å²) in [6.45, 7) is 2.57. The third-order valence-electron chi connectivity index (χ3n) is 3.42. The minimum Gasteiger partial charge on any atom is -0.329 e. The second-order valence-corrected chi connectivity index (χ2v) is 5.69. The lowest BCUT2D eigenvalue weighted by atomic mass is 10.1. The lowest BCUT2D eigenvalue weighted by molar-refractivity contribution is 0.758. The molecule has 3 rings (SSSR count). The van der Waals surface area contributed by atoms with Crippen LogP contribution in [0.4, 0.5) is 0 Å². The Balaban J connectivity index is 1.82. The average molecular weight is 333 g/mol. The molecule has 4 nitrogen and oxygen atoms in total. The van der Waals surface area contributed by atoms with E-state index in [9.17, 15) is 0 Å². The van der Waals surface area contributed by atoms with E-state index in [4.69, 9.17) is 16.9 Å². The van der Waals surface area contributed by atoms with E-state index >= 15 is 0 Å². The molecule has 0 amide bonds. The van der Waals surface area contributed by atoms with Crippen molar-refractivity contribution in [2.75, 3.05) is 0 Å². The Bertz CT molecular complexity index is 986. The Kier molecular flexibility index (Phi) is 4.61. The molecule has 5 heteroatoms. The van der Waals surface area contributed by atoms with E-state index < -0.39 is 0 Å². The van der Waals surface area contributed by atoms with Crippen LogP contribution in [-0.4, -0.2) is 14.5 Å². The van der Waals surface area contributed by atoms with E-state index in [0.717, 1.165) is 17.0 Å². The summed E-state index contributed by atoms with van der Waals surface area (Å²) in [5.41, 5.74) is 3.08. The van der Waals surface area contributed by atoms with Gasteiger partial charge in [-0.05, 0) is 42.7 Å². The maximum absolute atomic E-state index is 8.92. The van der Waals surface area contributed by atoms with Gasteiger partial charge >= 0.3 is 0 Å². The molecular weight excluding hydrogens is 320 g/mol. The molecule has 0 radical (unpaired) electrons. The minimum atomic E-state index is 0.594. The fourth-order valence-corrected chi connectivity index (χ4v) is 2.47. The van der Waals surface area contributed by atoms with Gasteiger partial charge in [0, 0.05) is 24.2 Å². The molecule has 0 bridgehead atoms. The molecule has 0 aliphatic carbocycles. The quantitative estimate of drug-likeness (QED) is 0.674. The first-order chi connectivity index (χ1) is 11.6. The lowest BCUT2D eigenvalue weighted by Gasteiger charge is -2.04. The highest BCUT2D eigenvalue weighted by atomic mass is 35.5. The smallest absolute Gasteiger partial charge is 0.131 e. The number of benzene rings is 1. The van der Waals surface area contributed by atoms with Crippen molar-refractivity contribution in [3.05, 3.63) is 82.2 Å². The summed E-state index contributed by atoms with van der Waals surface area (Å²) in [5, 5.41) is 9.53.